The largest absolute Gasteiger partial charge is 0.495 e. The summed E-state index contributed by atoms with van der Waals surface area (Å²) < 4.78 is 10.1. The van der Waals surface area contributed by atoms with Crippen LogP contribution in [0.5, 0.6) is 5.75 Å². The number of carbonyl (C=O) groups is 4. The first-order chi connectivity index (χ1) is 15.2. The summed E-state index contributed by atoms with van der Waals surface area (Å²) >= 11 is 0. The predicted molar refractivity (Wildman–Crippen MR) is 120 cm³/mol. The third-order valence-corrected chi connectivity index (χ3v) is 4.69. The number of nitrogens with one attached hydrogen (secondary N) is 2. The zero-order chi connectivity index (χ0) is 23.7. The fraction of sp³-hybridized carbons (Fsp3) is 0.333. The fourth-order valence-electron chi connectivity index (χ4n) is 2.95. The molecule has 170 valence electrons. The van der Waals surface area contributed by atoms with E-state index in [2.05, 4.69) is 10.6 Å². The first-order valence-corrected chi connectivity index (χ1v) is 10.2. The van der Waals surface area contributed by atoms with Crippen molar-refractivity contribution < 1.29 is 28.7 Å². The van der Waals surface area contributed by atoms with Crippen LogP contribution in [0, 0.1) is 20.8 Å². The number of esters is 1. The van der Waals surface area contributed by atoms with Gasteiger partial charge in [0, 0.05) is 12.0 Å². The molecule has 8 nitrogen and oxygen atoms in total. The van der Waals surface area contributed by atoms with Crippen molar-refractivity contribution in [2.75, 3.05) is 25.6 Å². The van der Waals surface area contributed by atoms with Crippen LogP contribution < -0.4 is 15.4 Å². The van der Waals surface area contributed by atoms with E-state index in [0.717, 1.165) is 16.7 Å². The van der Waals surface area contributed by atoms with Crippen LogP contribution in [0.25, 0.3) is 0 Å². The number of hydrogen-bond donors (Lipinski definition) is 2. The second-order valence-corrected chi connectivity index (χ2v) is 7.43. The number of aryl methyl sites for hydroxylation is 3. The minimum Gasteiger partial charge on any atom is -0.495 e. The van der Waals surface area contributed by atoms with Crippen LogP contribution in [0.15, 0.2) is 36.4 Å². The van der Waals surface area contributed by atoms with Gasteiger partial charge >= 0.3 is 5.97 Å². The monoisotopic (exact) mass is 440 g/mol. The Kier molecular flexibility index (Phi) is 8.95. The molecule has 0 unspecified atom stereocenters. The van der Waals surface area contributed by atoms with Crippen LogP contribution in [-0.2, 0) is 19.1 Å². The third kappa shape index (κ3) is 7.54. The Balaban J connectivity index is 1.72. The van der Waals surface area contributed by atoms with Crippen LogP contribution in [-0.4, -0.2) is 43.8 Å². The summed E-state index contributed by atoms with van der Waals surface area (Å²) in [6.07, 6.45) is -0.140. The molecule has 0 bridgehead atoms. The van der Waals surface area contributed by atoms with E-state index >= 15 is 0 Å². The highest BCUT2D eigenvalue weighted by atomic mass is 16.5. The molecule has 0 saturated carbocycles. The second-order valence-electron chi connectivity index (χ2n) is 7.43. The molecule has 2 rings (SSSR count). The number of ketones is 1. The molecule has 2 N–H and O–H groups in total. The Morgan fingerprint density at radius 2 is 1.56 bits per heavy atom. The Hall–Kier alpha value is -3.68. The summed E-state index contributed by atoms with van der Waals surface area (Å²) in [5.41, 5.74) is 3.81. The average Bonchev–Trinajstić information content (AvgIpc) is 2.76. The van der Waals surface area contributed by atoms with E-state index in [4.69, 9.17) is 9.47 Å². The topological polar surface area (TPSA) is 111 Å². The van der Waals surface area contributed by atoms with E-state index in [1.165, 1.54) is 7.11 Å². The Morgan fingerprint density at radius 1 is 0.875 bits per heavy atom. The van der Waals surface area contributed by atoms with Gasteiger partial charge in [-0.25, -0.2) is 0 Å². The van der Waals surface area contributed by atoms with Gasteiger partial charge < -0.3 is 20.1 Å². The molecule has 0 aliphatic rings. The summed E-state index contributed by atoms with van der Waals surface area (Å²) in [5, 5.41) is 5.03. The smallest absolute Gasteiger partial charge is 0.306 e. The van der Waals surface area contributed by atoms with Gasteiger partial charge in [0.1, 0.15) is 5.75 Å². The maximum absolute atomic E-state index is 12.3. The quantitative estimate of drug-likeness (QED) is 0.434. The zero-order valence-corrected chi connectivity index (χ0v) is 18.7. The predicted octanol–water partition coefficient (Wildman–Crippen LogP) is 2.88. The van der Waals surface area contributed by atoms with Crippen molar-refractivity contribution >= 4 is 29.3 Å². The fourth-order valence-corrected chi connectivity index (χ4v) is 2.95. The first kappa shape index (κ1) is 24.6. The molecule has 0 atom stereocenters. The summed E-state index contributed by atoms with van der Waals surface area (Å²) in [6.45, 7) is 4.78. The lowest BCUT2D eigenvalue weighted by molar-refractivity contribution is -0.148. The Bertz CT molecular complexity index is 1020. The number of rotatable bonds is 10. The molecule has 0 aromatic heterocycles. The van der Waals surface area contributed by atoms with Crippen molar-refractivity contribution in [1.29, 1.82) is 0 Å². The van der Waals surface area contributed by atoms with E-state index in [9.17, 15) is 19.2 Å². The normalized spacial score (nSPS) is 10.2. The van der Waals surface area contributed by atoms with Crippen LogP contribution >= 0.6 is 0 Å². The van der Waals surface area contributed by atoms with Crippen molar-refractivity contribution in [1.82, 2.24) is 5.32 Å². The molecule has 2 aromatic carbocycles. The Labute approximate surface area is 187 Å². The molecule has 0 spiro atoms. The maximum Gasteiger partial charge on any atom is 0.306 e. The van der Waals surface area contributed by atoms with Crippen LogP contribution in [0.2, 0.25) is 0 Å². The van der Waals surface area contributed by atoms with Gasteiger partial charge in [-0.3, -0.25) is 19.2 Å². The van der Waals surface area contributed by atoms with Gasteiger partial charge in [0.15, 0.2) is 12.4 Å². The molecule has 0 aliphatic carbocycles. The number of hydrogen-bond acceptors (Lipinski definition) is 6. The Morgan fingerprint density at radius 3 is 2.28 bits per heavy atom. The molecule has 32 heavy (non-hydrogen) atoms. The lowest BCUT2D eigenvalue weighted by atomic mass is 9.99. The van der Waals surface area contributed by atoms with E-state index in [-0.39, 0.29) is 25.2 Å². The van der Waals surface area contributed by atoms with Gasteiger partial charge in [-0.05, 0) is 50.1 Å². The van der Waals surface area contributed by atoms with Gasteiger partial charge in [0.25, 0.3) is 5.91 Å². The molecule has 2 amide bonds. The lowest BCUT2D eigenvalue weighted by Gasteiger charge is -2.11. The van der Waals surface area contributed by atoms with Gasteiger partial charge in [-0.15, -0.1) is 0 Å². The van der Waals surface area contributed by atoms with E-state index in [1.807, 2.05) is 39.0 Å². The molecule has 0 radical (unpaired) electrons. The van der Waals surface area contributed by atoms with E-state index in [1.54, 1.807) is 18.2 Å². The highest BCUT2D eigenvalue weighted by molar-refractivity contribution is 5.99. The maximum atomic E-state index is 12.3. The van der Waals surface area contributed by atoms with Crippen molar-refractivity contribution in [2.24, 2.45) is 0 Å². The molecule has 0 fully saturated rings. The van der Waals surface area contributed by atoms with Crippen LogP contribution in [0.1, 0.15) is 39.9 Å². The minimum atomic E-state index is -0.659. The summed E-state index contributed by atoms with van der Waals surface area (Å²) in [6, 6.07) is 10.9. The van der Waals surface area contributed by atoms with Gasteiger partial charge in [-0.1, -0.05) is 23.8 Å². The lowest BCUT2D eigenvalue weighted by Crippen LogP contribution is -2.35. The van der Waals surface area contributed by atoms with Gasteiger partial charge in [0.2, 0.25) is 5.91 Å². The molecule has 0 heterocycles. The standard InChI is InChI=1S/C24H28N2O6/c1-15-5-7-17(3)18(11-15)20(27)8-10-24(30)32-14-23(29)25-13-22(28)26-19-12-16(2)6-9-21(19)31-4/h5-7,9,11-12H,8,10,13-14H2,1-4H3,(H,25,29)(H,26,28). The average molecular weight is 440 g/mol. The first-order valence-electron chi connectivity index (χ1n) is 10.2. The summed E-state index contributed by atoms with van der Waals surface area (Å²) in [7, 11) is 1.49. The molecular weight excluding hydrogens is 412 g/mol. The molecule has 0 aliphatic heterocycles. The second kappa shape index (κ2) is 11.6. The van der Waals surface area contributed by atoms with Crippen molar-refractivity contribution in [3.05, 3.63) is 58.7 Å². The van der Waals surface area contributed by atoms with Crippen molar-refractivity contribution in [3.63, 3.8) is 0 Å². The third-order valence-electron chi connectivity index (χ3n) is 4.69. The van der Waals surface area contributed by atoms with Gasteiger partial charge in [0.05, 0.1) is 25.8 Å². The summed E-state index contributed by atoms with van der Waals surface area (Å²) in [5.74, 6) is -1.39. The van der Waals surface area contributed by atoms with Crippen molar-refractivity contribution in [2.45, 2.75) is 33.6 Å². The molecule has 8 heteroatoms. The number of amides is 2. The van der Waals surface area contributed by atoms with Crippen molar-refractivity contribution in [3.8, 4) is 5.75 Å². The zero-order valence-electron chi connectivity index (χ0n) is 18.7. The highest BCUT2D eigenvalue weighted by Crippen LogP contribution is 2.24. The number of anilines is 1. The summed E-state index contributed by atoms with van der Waals surface area (Å²) in [4.78, 5) is 48.1. The number of methoxy groups -OCH3 is 1. The number of Topliss-reactive ketones (excluding diaryl/α,β-unsaturated/α-hetero) is 1. The molecule has 2 aromatic rings. The molecular formula is C24H28N2O6. The van der Waals surface area contributed by atoms with Gasteiger partial charge in [-0.2, -0.15) is 0 Å². The SMILES string of the molecule is COc1ccc(C)cc1NC(=O)CNC(=O)COC(=O)CCC(=O)c1cc(C)ccc1C. The van der Waals surface area contributed by atoms with Crippen LogP contribution in [0.3, 0.4) is 0 Å². The van der Waals surface area contributed by atoms with E-state index in [0.29, 0.717) is 17.0 Å². The number of benzene rings is 2. The number of carbonyl (C=O) groups excluding carboxylic acids is 4. The minimum absolute atomic E-state index is 0.00846. The number of ether oxygens (including phenoxy) is 2. The highest BCUT2D eigenvalue weighted by Gasteiger charge is 2.14. The van der Waals surface area contributed by atoms with Crippen LogP contribution in [0.4, 0.5) is 5.69 Å². The molecule has 0 saturated heterocycles. The van der Waals surface area contributed by atoms with E-state index < -0.39 is 24.4 Å².